The fraction of sp³-hybridized carbons (Fsp3) is 0.368. The monoisotopic (exact) mass is 335 g/mol. The van der Waals surface area contributed by atoms with Crippen LogP contribution in [0.3, 0.4) is 0 Å². The summed E-state index contributed by atoms with van der Waals surface area (Å²) in [6.45, 7) is 2.76. The quantitative estimate of drug-likeness (QED) is 0.646. The van der Waals surface area contributed by atoms with Crippen molar-refractivity contribution in [1.29, 1.82) is 0 Å². The lowest BCUT2D eigenvalue weighted by Gasteiger charge is -2.08. The lowest BCUT2D eigenvalue weighted by Crippen LogP contribution is -2.14. The highest BCUT2D eigenvalue weighted by atomic mass is 35.5. The molecule has 2 aromatic carbocycles. The van der Waals surface area contributed by atoms with Gasteiger partial charge in [-0.15, -0.1) is 12.4 Å². The van der Waals surface area contributed by atoms with Gasteiger partial charge in [0.25, 0.3) is 0 Å². The molecule has 4 heteroatoms. The SMILES string of the molecule is Cl.OCCCCCNCc1ccc(OCc2ccccc2)cc1. The van der Waals surface area contributed by atoms with Crippen molar-refractivity contribution in [2.45, 2.75) is 32.4 Å². The van der Waals surface area contributed by atoms with Crippen molar-refractivity contribution >= 4 is 12.4 Å². The maximum absolute atomic E-state index is 8.71. The lowest BCUT2D eigenvalue weighted by atomic mass is 10.2. The molecule has 2 aromatic rings. The second-order valence-electron chi connectivity index (χ2n) is 5.38. The van der Waals surface area contributed by atoms with E-state index >= 15 is 0 Å². The van der Waals surface area contributed by atoms with Crippen LogP contribution in [-0.2, 0) is 13.2 Å². The minimum Gasteiger partial charge on any atom is -0.489 e. The number of unbranched alkanes of at least 4 members (excludes halogenated alkanes) is 2. The second kappa shape index (κ2) is 11.9. The van der Waals surface area contributed by atoms with Gasteiger partial charge in [-0.05, 0) is 49.1 Å². The molecule has 3 nitrogen and oxygen atoms in total. The van der Waals surface area contributed by atoms with E-state index in [4.69, 9.17) is 9.84 Å². The van der Waals surface area contributed by atoms with Gasteiger partial charge in [0.1, 0.15) is 12.4 Å². The van der Waals surface area contributed by atoms with E-state index in [0.717, 1.165) is 38.1 Å². The lowest BCUT2D eigenvalue weighted by molar-refractivity contribution is 0.283. The van der Waals surface area contributed by atoms with Gasteiger partial charge in [0, 0.05) is 13.2 Å². The molecule has 0 radical (unpaired) electrons. The Hall–Kier alpha value is -1.55. The summed E-state index contributed by atoms with van der Waals surface area (Å²) >= 11 is 0. The summed E-state index contributed by atoms with van der Waals surface area (Å²) in [6.07, 6.45) is 3.09. The third-order valence-corrected chi connectivity index (χ3v) is 3.51. The average molecular weight is 336 g/mol. The molecule has 2 rings (SSSR count). The normalized spacial score (nSPS) is 10.1. The molecule has 0 saturated carbocycles. The Balaban J connectivity index is 0.00000264. The molecular weight excluding hydrogens is 310 g/mol. The van der Waals surface area contributed by atoms with E-state index in [1.807, 2.05) is 30.3 Å². The van der Waals surface area contributed by atoms with Crippen LogP contribution in [0.25, 0.3) is 0 Å². The van der Waals surface area contributed by atoms with Crippen molar-refractivity contribution in [2.75, 3.05) is 13.2 Å². The first-order valence-electron chi connectivity index (χ1n) is 7.96. The summed E-state index contributed by atoms with van der Waals surface area (Å²) in [7, 11) is 0. The summed E-state index contributed by atoms with van der Waals surface area (Å²) in [5.41, 5.74) is 2.44. The summed E-state index contributed by atoms with van der Waals surface area (Å²) in [5.74, 6) is 0.899. The largest absolute Gasteiger partial charge is 0.489 e. The van der Waals surface area contributed by atoms with Crippen LogP contribution >= 0.6 is 12.4 Å². The molecule has 126 valence electrons. The van der Waals surface area contributed by atoms with E-state index in [0.29, 0.717) is 13.2 Å². The highest BCUT2D eigenvalue weighted by molar-refractivity contribution is 5.85. The Labute approximate surface area is 145 Å². The van der Waals surface area contributed by atoms with Crippen LogP contribution in [0.15, 0.2) is 54.6 Å². The topological polar surface area (TPSA) is 41.5 Å². The minimum atomic E-state index is 0. The summed E-state index contributed by atoms with van der Waals surface area (Å²) in [6, 6.07) is 18.4. The van der Waals surface area contributed by atoms with Gasteiger partial charge in [-0.2, -0.15) is 0 Å². The third kappa shape index (κ3) is 8.03. The van der Waals surface area contributed by atoms with E-state index < -0.39 is 0 Å². The van der Waals surface area contributed by atoms with Crippen molar-refractivity contribution in [2.24, 2.45) is 0 Å². The molecule has 2 N–H and O–H groups in total. The van der Waals surface area contributed by atoms with Crippen LogP contribution in [0.2, 0.25) is 0 Å². The van der Waals surface area contributed by atoms with Crippen LogP contribution in [0, 0.1) is 0 Å². The zero-order valence-electron chi connectivity index (χ0n) is 13.4. The van der Waals surface area contributed by atoms with Crippen molar-refractivity contribution in [3.8, 4) is 5.75 Å². The number of aliphatic hydroxyl groups excluding tert-OH is 1. The second-order valence-corrected chi connectivity index (χ2v) is 5.38. The fourth-order valence-corrected chi connectivity index (χ4v) is 2.22. The summed E-state index contributed by atoms with van der Waals surface area (Å²) in [5, 5.41) is 12.1. The zero-order valence-corrected chi connectivity index (χ0v) is 14.2. The average Bonchev–Trinajstić information content (AvgIpc) is 2.58. The first-order valence-corrected chi connectivity index (χ1v) is 7.96. The maximum atomic E-state index is 8.71. The van der Waals surface area contributed by atoms with Gasteiger partial charge in [-0.3, -0.25) is 0 Å². The van der Waals surface area contributed by atoms with Crippen LogP contribution in [0.5, 0.6) is 5.75 Å². The Morgan fingerprint density at radius 2 is 1.57 bits per heavy atom. The number of hydrogen-bond donors (Lipinski definition) is 2. The van der Waals surface area contributed by atoms with Crippen molar-refractivity contribution in [3.05, 3.63) is 65.7 Å². The number of aliphatic hydroxyl groups is 1. The van der Waals surface area contributed by atoms with Crippen molar-refractivity contribution in [3.63, 3.8) is 0 Å². The van der Waals surface area contributed by atoms with Crippen LogP contribution in [0.1, 0.15) is 30.4 Å². The molecule has 0 aliphatic carbocycles. The smallest absolute Gasteiger partial charge is 0.119 e. The molecule has 0 aliphatic rings. The Bertz CT molecular complexity index is 517. The maximum Gasteiger partial charge on any atom is 0.119 e. The molecule has 23 heavy (non-hydrogen) atoms. The standard InChI is InChI=1S/C19H25NO2.ClH/c21-14-6-2-5-13-20-15-17-9-11-19(12-10-17)22-16-18-7-3-1-4-8-18;/h1,3-4,7-12,20-21H,2,5-6,13-16H2;1H. The molecule has 0 heterocycles. The van der Waals surface area contributed by atoms with E-state index in [-0.39, 0.29) is 12.4 Å². The van der Waals surface area contributed by atoms with Crippen molar-refractivity contribution < 1.29 is 9.84 Å². The van der Waals surface area contributed by atoms with Gasteiger partial charge in [-0.1, -0.05) is 42.5 Å². The number of nitrogens with one attached hydrogen (secondary N) is 1. The predicted molar refractivity (Wildman–Crippen MR) is 97.1 cm³/mol. The van der Waals surface area contributed by atoms with Gasteiger partial charge in [-0.25, -0.2) is 0 Å². The molecule has 0 fully saturated rings. The summed E-state index contributed by atoms with van der Waals surface area (Å²) in [4.78, 5) is 0. The van der Waals surface area contributed by atoms with Crippen LogP contribution < -0.4 is 10.1 Å². The van der Waals surface area contributed by atoms with Crippen molar-refractivity contribution in [1.82, 2.24) is 5.32 Å². The number of hydrogen-bond acceptors (Lipinski definition) is 3. The zero-order chi connectivity index (χ0) is 15.5. The molecule has 0 aromatic heterocycles. The van der Waals surface area contributed by atoms with Gasteiger partial charge in [0.05, 0.1) is 0 Å². The molecule has 0 unspecified atom stereocenters. The number of benzene rings is 2. The molecule has 0 spiro atoms. The van der Waals surface area contributed by atoms with Crippen LogP contribution in [0.4, 0.5) is 0 Å². The summed E-state index contributed by atoms with van der Waals surface area (Å²) < 4.78 is 5.77. The Morgan fingerprint density at radius 3 is 2.26 bits per heavy atom. The highest BCUT2D eigenvalue weighted by Gasteiger charge is 1.97. The highest BCUT2D eigenvalue weighted by Crippen LogP contribution is 2.14. The first kappa shape index (κ1) is 19.5. The predicted octanol–water partition coefficient (Wildman–Crippen LogP) is 3.94. The molecular formula is C19H26ClNO2. The van der Waals surface area contributed by atoms with E-state index in [1.54, 1.807) is 0 Å². The Kier molecular flexibility index (Phi) is 10.1. The fourth-order valence-electron chi connectivity index (χ4n) is 2.22. The number of ether oxygens (including phenoxy) is 1. The van der Waals surface area contributed by atoms with Gasteiger partial charge < -0.3 is 15.2 Å². The molecule has 0 bridgehead atoms. The van der Waals surface area contributed by atoms with E-state index in [9.17, 15) is 0 Å². The number of halogens is 1. The van der Waals surface area contributed by atoms with Gasteiger partial charge >= 0.3 is 0 Å². The van der Waals surface area contributed by atoms with Crippen LogP contribution in [-0.4, -0.2) is 18.3 Å². The minimum absolute atomic E-state index is 0. The first-order chi connectivity index (χ1) is 10.9. The van der Waals surface area contributed by atoms with Gasteiger partial charge in [0.2, 0.25) is 0 Å². The molecule has 0 atom stereocenters. The van der Waals surface area contributed by atoms with Gasteiger partial charge in [0.15, 0.2) is 0 Å². The molecule has 0 aliphatic heterocycles. The Morgan fingerprint density at radius 1 is 0.826 bits per heavy atom. The molecule has 0 amide bonds. The van der Waals surface area contributed by atoms with E-state index in [2.05, 4.69) is 29.6 Å². The number of rotatable bonds is 10. The molecule has 0 saturated heterocycles. The van der Waals surface area contributed by atoms with E-state index in [1.165, 1.54) is 11.1 Å². The third-order valence-electron chi connectivity index (χ3n) is 3.51.